The Morgan fingerprint density at radius 1 is 1.47 bits per heavy atom. The van der Waals surface area contributed by atoms with Gasteiger partial charge < -0.3 is 15.0 Å². The lowest BCUT2D eigenvalue weighted by atomic mass is 10.1. The average molecular weight is 263 g/mol. The van der Waals surface area contributed by atoms with E-state index in [0.29, 0.717) is 18.8 Å². The van der Waals surface area contributed by atoms with E-state index in [4.69, 9.17) is 10.5 Å². The molecular formula is C14H18FN3O. The molecule has 0 spiro atoms. The van der Waals surface area contributed by atoms with Crippen LogP contribution in [-0.2, 0) is 13.5 Å². The molecule has 1 heterocycles. The first-order chi connectivity index (χ1) is 9.08. The fourth-order valence-corrected chi connectivity index (χ4v) is 1.90. The van der Waals surface area contributed by atoms with Gasteiger partial charge in [-0.1, -0.05) is 6.07 Å². The molecule has 2 N–H and O–H groups in total. The van der Waals surface area contributed by atoms with E-state index in [9.17, 15) is 4.39 Å². The van der Waals surface area contributed by atoms with Crippen LogP contribution < -0.4 is 10.5 Å². The summed E-state index contributed by atoms with van der Waals surface area (Å²) in [5.41, 5.74) is 6.64. The molecule has 0 aliphatic carbocycles. The predicted octanol–water partition coefficient (Wildman–Crippen LogP) is 2.20. The summed E-state index contributed by atoms with van der Waals surface area (Å²) in [6.45, 7) is 2.28. The highest BCUT2D eigenvalue weighted by Crippen LogP contribution is 2.24. The SMILES string of the molecule is C[C@H](N)c1ccc(F)cc1OCCc1nccn1C. The van der Waals surface area contributed by atoms with Gasteiger partial charge in [0.05, 0.1) is 6.61 Å². The monoisotopic (exact) mass is 263 g/mol. The lowest BCUT2D eigenvalue weighted by Crippen LogP contribution is -2.11. The Balaban J connectivity index is 2.03. The summed E-state index contributed by atoms with van der Waals surface area (Å²) in [7, 11) is 1.93. The van der Waals surface area contributed by atoms with Crippen molar-refractivity contribution in [2.45, 2.75) is 19.4 Å². The summed E-state index contributed by atoms with van der Waals surface area (Å²) in [6, 6.07) is 4.24. The van der Waals surface area contributed by atoms with E-state index < -0.39 is 0 Å². The van der Waals surface area contributed by atoms with Crippen molar-refractivity contribution in [1.82, 2.24) is 9.55 Å². The zero-order valence-electron chi connectivity index (χ0n) is 11.1. The normalized spacial score (nSPS) is 12.4. The van der Waals surface area contributed by atoms with E-state index in [2.05, 4.69) is 4.98 Å². The number of nitrogens with two attached hydrogens (primary N) is 1. The number of hydrogen-bond acceptors (Lipinski definition) is 3. The summed E-state index contributed by atoms with van der Waals surface area (Å²) < 4.78 is 20.8. The van der Waals surface area contributed by atoms with Gasteiger partial charge in [-0.05, 0) is 13.0 Å². The molecule has 4 nitrogen and oxygen atoms in total. The highest BCUT2D eigenvalue weighted by atomic mass is 19.1. The van der Waals surface area contributed by atoms with Gasteiger partial charge in [-0.3, -0.25) is 0 Å². The van der Waals surface area contributed by atoms with Gasteiger partial charge in [-0.15, -0.1) is 0 Å². The van der Waals surface area contributed by atoms with Crippen LogP contribution >= 0.6 is 0 Å². The molecule has 0 aliphatic heterocycles. The molecule has 19 heavy (non-hydrogen) atoms. The molecule has 1 aromatic carbocycles. The Morgan fingerprint density at radius 3 is 2.89 bits per heavy atom. The van der Waals surface area contributed by atoms with Crippen molar-refractivity contribution in [3.8, 4) is 5.75 Å². The number of hydrogen-bond donors (Lipinski definition) is 1. The molecule has 0 saturated carbocycles. The van der Waals surface area contributed by atoms with Crippen molar-refractivity contribution in [3.63, 3.8) is 0 Å². The number of aromatic nitrogens is 2. The van der Waals surface area contributed by atoms with E-state index in [0.717, 1.165) is 11.4 Å². The molecular weight excluding hydrogens is 245 g/mol. The van der Waals surface area contributed by atoms with Gasteiger partial charge in [-0.25, -0.2) is 9.37 Å². The first-order valence-corrected chi connectivity index (χ1v) is 6.22. The molecule has 0 amide bonds. The second kappa shape index (κ2) is 5.84. The van der Waals surface area contributed by atoms with Crippen molar-refractivity contribution in [1.29, 1.82) is 0 Å². The summed E-state index contributed by atoms with van der Waals surface area (Å²) >= 11 is 0. The zero-order chi connectivity index (χ0) is 13.8. The van der Waals surface area contributed by atoms with Gasteiger partial charge >= 0.3 is 0 Å². The van der Waals surface area contributed by atoms with E-state index in [-0.39, 0.29) is 11.9 Å². The van der Waals surface area contributed by atoms with Crippen LogP contribution in [0.1, 0.15) is 24.4 Å². The summed E-state index contributed by atoms with van der Waals surface area (Å²) in [6.07, 6.45) is 4.29. The third-order valence-electron chi connectivity index (χ3n) is 2.97. The van der Waals surface area contributed by atoms with E-state index >= 15 is 0 Å². The van der Waals surface area contributed by atoms with Crippen molar-refractivity contribution in [3.05, 3.63) is 47.8 Å². The maximum atomic E-state index is 13.2. The van der Waals surface area contributed by atoms with Gasteiger partial charge in [-0.2, -0.15) is 0 Å². The summed E-state index contributed by atoms with van der Waals surface area (Å²) in [5, 5.41) is 0. The van der Waals surface area contributed by atoms with Crippen LogP contribution in [0.5, 0.6) is 5.75 Å². The Morgan fingerprint density at radius 2 is 2.26 bits per heavy atom. The molecule has 1 atom stereocenters. The Bertz CT molecular complexity index is 551. The maximum absolute atomic E-state index is 13.2. The van der Waals surface area contributed by atoms with Gasteiger partial charge in [0.2, 0.25) is 0 Å². The van der Waals surface area contributed by atoms with Crippen molar-refractivity contribution < 1.29 is 9.13 Å². The lowest BCUT2D eigenvalue weighted by Gasteiger charge is -2.14. The largest absolute Gasteiger partial charge is 0.493 e. The first-order valence-electron chi connectivity index (χ1n) is 6.22. The number of halogens is 1. The van der Waals surface area contributed by atoms with Crippen molar-refractivity contribution >= 4 is 0 Å². The molecule has 0 aliphatic rings. The molecule has 0 bridgehead atoms. The van der Waals surface area contributed by atoms with Crippen LogP contribution in [0.4, 0.5) is 4.39 Å². The standard InChI is InChI=1S/C14H18FN3O/c1-10(16)12-4-3-11(15)9-13(12)19-8-5-14-17-6-7-18(14)2/h3-4,6-7,9-10H,5,8,16H2,1-2H3/t10-/m0/s1. The van der Waals surface area contributed by atoms with Gasteiger partial charge in [0.15, 0.2) is 0 Å². The third kappa shape index (κ3) is 3.32. The molecule has 0 radical (unpaired) electrons. The quantitative estimate of drug-likeness (QED) is 0.899. The molecule has 2 aromatic rings. The molecule has 1 aromatic heterocycles. The number of ether oxygens (including phenoxy) is 1. The zero-order valence-corrected chi connectivity index (χ0v) is 11.1. The van der Waals surface area contributed by atoms with Gasteiger partial charge in [0.25, 0.3) is 0 Å². The number of aryl methyl sites for hydroxylation is 1. The van der Waals surface area contributed by atoms with Gasteiger partial charge in [0, 0.05) is 43.5 Å². The minimum Gasteiger partial charge on any atom is -0.493 e. The van der Waals surface area contributed by atoms with Crippen LogP contribution in [0.25, 0.3) is 0 Å². The summed E-state index contributed by atoms with van der Waals surface area (Å²) in [5.74, 6) is 1.11. The molecule has 0 saturated heterocycles. The van der Waals surface area contributed by atoms with Crippen molar-refractivity contribution in [2.24, 2.45) is 12.8 Å². The van der Waals surface area contributed by atoms with E-state index in [1.165, 1.54) is 12.1 Å². The predicted molar refractivity (Wildman–Crippen MR) is 71.4 cm³/mol. The fourth-order valence-electron chi connectivity index (χ4n) is 1.90. The topological polar surface area (TPSA) is 53.1 Å². The minimum atomic E-state index is -0.323. The molecule has 0 unspecified atom stereocenters. The van der Waals surface area contributed by atoms with E-state index in [1.807, 2.05) is 24.7 Å². The lowest BCUT2D eigenvalue weighted by molar-refractivity contribution is 0.311. The maximum Gasteiger partial charge on any atom is 0.126 e. The average Bonchev–Trinajstić information content (AvgIpc) is 2.75. The third-order valence-corrected chi connectivity index (χ3v) is 2.97. The van der Waals surface area contributed by atoms with Crippen LogP contribution in [0.15, 0.2) is 30.6 Å². The van der Waals surface area contributed by atoms with Crippen LogP contribution in [0.2, 0.25) is 0 Å². The molecule has 2 rings (SSSR count). The number of benzene rings is 1. The highest BCUT2D eigenvalue weighted by Gasteiger charge is 2.10. The van der Waals surface area contributed by atoms with Crippen LogP contribution in [0.3, 0.4) is 0 Å². The van der Waals surface area contributed by atoms with E-state index in [1.54, 1.807) is 12.3 Å². The first kappa shape index (κ1) is 13.5. The number of imidazole rings is 1. The van der Waals surface area contributed by atoms with Crippen LogP contribution in [0, 0.1) is 5.82 Å². The Labute approximate surface area is 112 Å². The van der Waals surface area contributed by atoms with Crippen molar-refractivity contribution in [2.75, 3.05) is 6.61 Å². The molecule has 5 heteroatoms. The Kier molecular flexibility index (Phi) is 4.16. The second-order valence-electron chi connectivity index (χ2n) is 4.52. The minimum absolute atomic E-state index is 0.191. The smallest absolute Gasteiger partial charge is 0.126 e. The number of nitrogens with zero attached hydrogens (tertiary/aromatic N) is 2. The second-order valence-corrected chi connectivity index (χ2v) is 4.52. The molecule has 0 fully saturated rings. The molecule has 102 valence electrons. The summed E-state index contributed by atoms with van der Waals surface area (Å²) in [4.78, 5) is 4.21. The number of rotatable bonds is 5. The highest BCUT2D eigenvalue weighted by molar-refractivity contribution is 5.36. The van der Waals surface area contributed by atoms with Crippen LogP contribution in [-0.4, -0.2) is 16.2 Å². The Hall–Kier alpha value is -1.88. The fraction of sp³-hybridized carbons (Fsp3) is 0.357. The van der Waals surface area contributed by atoms with Gasteiger partial charge in [0.1, 0.15) is 17.4 Å².